The number of benzene rings is 1. The first-order chi connectivity index (χ1) is 9.06. The molecule has 0 aliphatic carbocycles. The molecule has 1 aliphatic rings. The molecule has 0 atom stereocenters. The van der Waals surface area contributed by atoms with E-state index in [1.807, 2.05) is 13.8 Å². The van der Waals surface area contributed by atoms with Crippen molar-refractivity contribution in [3.05, 3.63) is 29.8 Å². The smallest absolute Gasteiger partial charge is 0.0715 e. The highest BCUT2D eigenvalue weighted by molar-refractivity contribution is 5.53. The highest BCUT2D eigenvalue weighted by Crippen LogP contribution is 2.21. The maximum absolute atomic E-state index is 9.72. The SMILES string of the molecule is CC(C)(O)CNCc1ccccc1N1CCOCC1. The minimum Gasteiger partial charge on any atom is -0.389 e. The molecule has 1 aliphatic heterocycles. The number of hydrogen-bond donors (Lipinski definition) is 2. The Labute approximate surface area is 115 Å². The number of hydrogen-bond acceptors (Lipinski definition) is 4. The molecule has 4 heteroatoms. The van der Waals surface area contributed by atoms with E-state index in [1.54, 1.807) is 0 Å². The molecule has 0 unspecified atom stereocenters. The Bertz CT molecular complexity index is 395. The monoisotopic (exact) mass is 264 g/mol. The van der Waals surface area contributed by atoms with Gasteiger partial charge in [-0.2, -0.15) is 0 Å². The van der Waals surface area contributed by atoms with Crippen LogP contribution in [0.15, 0.2) is 24.3 Å². The van der Waals surface area contributed by atoms with Crippen molar-refractivity contribution in [3.63, 3.8) is 0 Å². The second kappa shape index (κ2) is 6.37. The lowest BCUT2D eigenvalue weighted by Gasteiger charge is -2.31. The minimum atomic E-state index is -0.673. The first kappa shape index (κ1) is 14.3. The van der Waals surface area contributed by atoms with Crippen molar-refractivity contribution in [2.24, 2.45) is 0 Å². The second-order valence-electron chi connectivity index (χ2n) is 5.64. The molecule has 1 aromatic carbocycles. The average Bonchev–Trinajstić information content (AvgIpc) is 2.39. The average molecular weight is 264 g/mol. The van der Waals surface area contributed by atoms with Gasteiger partial charge in [-0.3, -0.25) is 0 Å². The summed E-state index contributed by atoms with van der Waals surface area (Å²) in [5.41, 5.74) is 1.87. The summed E-state index contributed by atoms with van der Waals surface area (Å²) < 4.78 is 5.40. The van der Waals surface area contributed by atoms with Crippen LogP contribution in [0.5, 0.6) is 0 Å². The van der Waals surface area contributed by atoms with E-state index in [1.165, 1.54) is 11.3 Å². The van der Waals surface area contributed by atoms with E-state index < -0.39 is 5.60 Å². The van der Waals surface area contributed by atoms with Crippen LogP contribution in [0.1, 0.15) is 19.4 Å². The first-order valence-corrected chi connectivity index (χ1v) is 6.90. The third-order valence-corrected chi connectivity index (χ3v) is 3.22. The summed E-state index contributed by atoms with van der Waals surface area (Å²) in [6.45, 7) is 8.48. The van der Waals surface area contributed by atoms with Gasteiger partial charge in [0.15, 0.2) is 0 Å². The lowest BCUT2D eigenvalue weighted by molar-refractivity contribution is 0.0795. The number of para-hydroxylation sites is 1. The number of ether oxygens (including phenoxy) is 1. The fourth-order valence-corrected chi connectivity index (χ4v) is 2.28. The summed E-state index contributed by atoms with van der Waals surface area (Å²) in [6.07, 6.45) is 0. The lowest BCUT2D eigenvalue weighted by atomic mass is 10.1. The standard InChI is InChI=1S/C15H24N2O2/c1-15(2,18)12-16-11-13-5-3-4-6-14(13)17-7-9-19-10-8-17/h3-6,16,18H,7-12H2,1-2H3. The Morgan fingerprint density at radius 3 is 2.63 bits per heavy atom. The Kier molecular flexibility index (Phi) is 4.80. The fraction of sp³-hybridized carbons (Fsp3) is 0.600. The number of anilines is 1. The third kappa shape index (κ3) is 4.49. The van der Waals surface area contributed by atoms with Gasteiger partial charge in [-0.05, 0) is 25.5 Å². The van der Waals surface area contributed by atoms with Gasteiger partial charge in [0.2, 0.25) is 0 Å². The van der Waals surface area contributed by atoms with Crippen LogP contribution >= 0.6 is 0 Å². The van der Waals surface area contributed by atoms with E-state index in [2.05, 4.69) is 34.5 Å². The number of morpholine rings is 1. The van der Waals surface area contributed by atoms with Crippen LogP contribution < -0.4 is 10.2 Å². The molecule has 106 valence electrons. The van der Waals surface area contributed by atoms with Crippen molar-refractivity contribution in [2.75, 3.05) is 37.7 Å². The molecule has 1 heterocycles. The van der Waals surface area contributed by atoms with E-state index in [-0.39, 0.29) is 0 Å². The van der Waals surface area contributed by atoms with Crippen LogP contribution in [0.3, 0.4) is 0 Å². The van der Waals surface area contributed by atoms with Gasteiger partial charge in [0.1, 0.15) is 0 Å². The number of rotatable bonds is 5. The molecule has 1 fully saturated rings. The van der Waals surface area contributed by atoms with Crippen LogP contribution in [0.25, 0.3) is 0 Å². The normalized spacial score (nSPS) is 16.7. The van der Waals surface area contributed by atoms with Crippen LogP contribution in [0.2, 0.25) is 0 Å². The summed E-state index contributed by atoms with van der Waals surface area (Å²) in [5, 5.41) is 13.0. The van der Waals surface area contributed by atoms with Gasteiger partial charge < -0.3 is 20.1 Å². The Balaban J connectivity index is 1.99. The topological polar surface area (TPSA) is 44.7 Å². The zero-order valence-electron chi connectivity index (χ0n) is 11.9. The van der Waals surface area contributed by atoms with Crippen LogP contribution in [-0.2, 0) is 11.3 Å². The van der Waals surface area contributed by atoms with E-state index in [0.29, 0.717) is 6.54 Å². The van der Waals surface area contributed by atoms with E-state index >= 15 is 0 Å². The Morgan fingerprint density at radius 1 is 1.26 bits per heavy atom. The zero-order chi connectivity index (χ0) is 13.7. The van der Waals surface area contributed by atoms with Gasteiger partial charge in [0, 0.05) is 31.9 Å². The van der Waals surface area contributed by atoms with Crippen LogP contribution in [0.4, 0.5) is 5.69 Å². The van der Waals surface area contributed by atoms with Crippen molar-refractivity contribution in [1.29, 1.82) is 0 Å². The van der Waals surface area contributed by atoms with Crippen molar-refractivity contribution in [2.45, 2.75) is 26.0 Å². The Morgan fingerprint density at radius 2 is 1.95 bits per heavy atom. The predicted octanol–water partition coefficient (Wildman–Crippen LogP) is 1.38. The van der Waals surface area contributed by atoms with Crippen molar-refractivity contribution in [3.8, 4) is 0 Å². The fourth-order valence-electron chi connectivity index (χ4n) is 2.28. The molecular formula is C15H24N2O2. The molecule has 0 amide bonds. The van der Waals surface area contributed by atoms with Crippen LogP contribution in [-0.4, -0.2) is 43.6 Å². The summed E-state index contributed by atoms with van der Waals surface area (Å²) in [7, 11) is 0. The summed E-state index contributed by atoms with van der Waals surface area (Å²) >= 11 is 0. The predicted molar refractivity (Wildman–Crippen MR) is 77.5 cm³/mol. The number of nitrogens with zero attached hydrogens (tertiary/aromatic N) is 1. The van der Waals surface area contributed by atoms with Gasteiger partial charge in [-0.25, -0.2) is 0 Å². The summed E-state index contributed by atoms with van der Waals surface area (Å²) in [4.78, 5) is 2.37. The van der Waals surface area contributed by atoms with Gasteiger partial charge in [-0.15, -0.1) is 0 Å². The molecule has 0 spiro atoms. The third-order valence-electron chi connectivity index (χ3n) is 3.22. The molecule has 1 aromatic rings. The van der Waals surface area contributed by atoms with Gasteiger partial charge in [-0.1, -0.05) is 18.2 Å². The van der Waals surface area contributed by atoms with Gasteiger partial charge in [0.25, 0.3) is 0 Å². The van der Waals surface area contributed by atoms with E-state index in [9.17, 15) is 5.11 Å². The number of nitrogens with one attached hydrogen (secondary N) is 1. The highest BCUT2D eigenvalue weighted by Gasteiger charge is 2.15. The quantitative estimate of drug-likeness (QED) is 0.843. The summed E-state index contributed by atoms with van der Waals surface area (Å²) in [5.74, 6) is 0. The second-order valence-corrected chi connectivity index (χ2v) is 5.64. The maximum atomic E-state index is 9.72. The molecule has 2 rings (SSSR count). The summed E-state index contributed by atoms with van der Waals surface area (Å²) in [6, 6.07) is 8.43. The molecule has 4 nitrogen and oxygen atoms in total. The molecule has 0 aromatic heterocycles. The first-order valence-electron chi connectivity index (χ1n) is 6.90. The number of aliphatic hydroxyl groups is 1. The molecular weight excluding hydrogens is 240 g/mol. The molecule has 19 heavy (non-hydrogen) atoms. The molecule has 0 bridgehead atoms. The van der Waals surface area contributed by atoms with Gasteiger partial charge >= 0.3 is 0 Å². The molecule has 0 radical (unpaired) electrons. The Hall–Kier alpha value is -1.10. The maximum Gasteiger partial charge on any atom is 0.0715 e. The van der Waals surface area contributed by atoms with E-state index in [0.717, 1.165) is 32.8 Å². The van der Waals surface area contributed by atoms with Gasteiger partial charge in [0.05, 0.1) is 18.8 Å². The largest absolute Gasteiger partial charge is 0.389 e. The van der Waals surface area contributed by atoms with E-state index in [4.69, 9.17) is 4.74 Å². The molecule has 2 N–H and O–H groups in total. The minimum absolute atomic E-state index is 0.588. The molecule has 0 saturated carbocycles. The van der Waals surface area contributed by atoms with Crippen molar-refractivity contribution >= 4 is 5.69 Å². The highest BCUT2D eigenvalue weighted by atomic mass is 16.5. The van der Waals surface area contributed by atoms with Crippen LogP contribution in [0, 0.1) is 0 Å². The van der Waals surface area contributed by atoms with Crippen molar-refractivity contribution in [1.82, 2.24) is 5.32 Å². The molecule has 1 saturated heterocycles. The zero-order valence-corrected chi connectivity index (χ0v) is 11.9. The lowest BCUT2D eigenvalue weighted by Crippen LogP contribution is -2.38. The van der Waals surface area contributed by atoms with Crippen molar-refractivity contribution < 1.29 is 9.84 Å².